The first-order valence-electron chi connectivity index (χ1n) is 4.54. The predicted octanol–water partition coefficient (Wildman–Crippen LogP) is 1.49. The van der Waals surface area contributed by atoms with Gasteiger partial charge in [0.25, 0.3) is 0 Å². The van der Waals surface area contributed by atoms with Crippen LogP contribution in [0.1, 0.15) is 19.8 Å². The summed E-state index contributed by atoms with van der Waals surface area (Å²) in [4.78, 5) is 11.5. The van der Waals surface area contributed by atoms with Crippen molar-refractivity contribution in [3.05, 3.63) is 0 Å². The van der Waals surface area contributed by atoms with Gasteiger partial charge >= 0.3 is 5.97 Å². The van der Waals surface area contributed by atoms with Gasteiger partial charge in [0.15, 0.2) is 0 Å². The molecule has 2 aliphatic heterocycles. The Balaban J connectivity index is 2.01. The van der Waals surface area contributed by atoms with Gasteiger partial charge in [0.2, 0.25) is 0 Å². The molecule has 0 aromatic heterocycles. The molecule has 0 amide bonds. The van der Waals surface area contributed by atoms with Gasteiger partial charge in [-0.15, -0.1) is 0 Å². The van der Waals surface area contributed by atoms with Gasteiger partial charge in [-0.3, -0.25) is 4.79 Å². The van der Waals surface area contributed by atoms with Crippen LogP contribution in [0.25, 0.3) is 0 Å². The van der Waals surface area contributed by atoms with E-state index in [-0.39, 0.29) is 17.0 Å². The second-order valence-corrected chi connectivity index (χ2v) is 4.52. The SMILES string of the molecule is CCOC(=O)C12COC(CBr)(C1)C2. The van der Waals surface area contributed by atoms with Crippen LogP contribution in [0.2, 0.25) is 0 Å². The lowest BCUT2D eigenvalue weighted by Crippen LogP contribution is -2.50. The summed E-state index contributed by atoms with van der Waals surface area (Å²) in [5, 5.41) is 0.821. The lowest BCUT2D eigenvalue weighted by atomic mass is 9.63. The van der Waals surface area contributed by atoms with E-state index in [9.17, 15) is 4.79 Å². The summed E-state index contributed by atoms with van der Waals surface area (Å²) in [6, 6.07) is 0. The largest absolute Gasteiger partial charge is 0.465 e. The van der Waals surface area contributed by atoms with Crippen LogP contribution in [0.15, 0.2) is 0 Å². The van der Waals surface area contributed by atoms with Crippen LogP contribution < -0.4 is 0 Å². The van der Waals surface area contributed by atoms with E-state index in [1.807, 2.05) is 6.92 Å². The maximum Gasteiger partial charge on any atom is 0.314 e. The fraction of sp³-hybridized carbons (Fsp3) is 0.889. The normalized spacial score (nSPS) is 41.4. The average molecular weight is 249 g/mol. The topological polar surface area (TPSA) is 35.5 Å². The molecular weight excluding hydrogens is 236 g/mol. The van der Waals surface area contributed by atoms with E-state index in [0.717, 1.165) is 18.2 Å². The first-order chi connectivity index (χ1) is 6.16. The van der Waals surface area contributed by atoms with Gasteiger partial charge < -0.3 is 9.47 Å². The highest BCUT2D eigenvalue weighted by molar-refractivity contribution is 9.09. The molecule has 0 spiro atoms. The Labute approximate surface area is 85.9 Å². The number of hydrogen-bond donors (Lipinski definition) is 0. The lowest BCUT2D eigenvalue weighted by molar-refractivity contribution is -0.159. The third kappa shape index (κ3) is 1.22. The first-order valence-corrected chi connectivity index (χ1v) is 5.66. The Bertz CT molecular complexity index is 233. The Hall–Kier alpha value is -0.0900. The molecule has 0 aromatic carbocycles. The smallest absolute Gasteiger partial charge is 0.314 e. The molecule has 3 rings (SSSR count). The van der Waals surface area contributed by atoms with Crippen molar-refractivity contribution in [3.8, 4) is 0 Å². The molecular formula is C9H13BrO3. The van der Waals surface area contributed by atoms with Gasteiger partial charge in [-0.25, -0.2) is 0 Å². The molecule has 3 fully saturated rings. The number of ether oxygens (including phenoxy) is 2. The summed E-state index contributed by atoms with van der Waals surface area (Å²) >= 11 is 3.41. The van der Waals surface area contributed by atoms with Crippen LogP contribution in [0.5, 0.6) is 0 Å². The Kier molecular flexibility index (Phi) is 2.15. The number of carbonyl (C=O) groups is 1. The lowest BCUT2D eigenvalue weighted by Gasteiger charge is -2.41. The van der Waals surface area contributed by atoms with E-state index in [1.165, 1.54) is 0 Å². The van der Waals surface area contributed by atoms with Crippen molar-refractivity contribution >= 4 is 21.9 Å². The standard InChI is InChI=1S/C9H13BrO3/c1-2-12-7(11)8-3-9(4-8,5-10)13-6-8/h2-6H2,1H3. The van der Waals surface area contributed by atoms with Crippen LogP contribution in [-0.4, -0.2) is 30.1 Å². The van der Waals surface area contributed by atoms with Crippen LogP contribution in [0.4, 0.5) is 0 Å². The van der Waals surface area contributed by atoms with Crippen molar-refractivity contribution in [1.82, 2.24) is 0 Å². The third-order valence-corrected chi connectivity index (χ3v) is 3.95. The van der Waals surface area contributed by atoms with Gasteiger partial charge in [0.05, 0.1) is 24.2 Å². The molecule has 0 aromatic rings. The van der Waals surface area contributed by atoms with Gasteiger partial charge in [0, 0.05) is 5.33 Å². The zero-order valence-corrected chi connectivity index (χ0v) is 9.22. The third-order valence-electron chi connectivity index (χ3n) is 2.93. The summed E-state index contributed by atoms with van der Waals surface area (Å²) in [5.74, 6) is -0.0796. The number of fused-ring (bicyclic) bond motifs is 1. The van der Waals surface area contributed by atoms with Crippen molar-refractivity contribution in [3.63, 3.8) is 0 Å². The molecule has 2 bridgehead atoms. The highest BCUT2D eigenvalue weighted by atomic mass is 79.9. The molecule has 0 atom stereocenters. The quantitative estimate of drug-likeness (QED) is 0.561. The van der Waals surface area contributed by atoms with E-state index in [0.29, 0.717) is 13.2 Å². The zero-order chi connectivity index (χ0) is 9.53. The number of alkyl halides is 1. The monoisotopic (exact) mass is 248 g/mol. The van der Waals surface area contributed by atoms with E-state index >= 15 is 0 Å². The summed E-state index contributed by atoms with van der Waals surface area (Å²) < 4.78 is 10.6. The van der Waals surface area contributed by atoms with Gasteiger partial charge in [-0.05, 0) is 19.8 Å². The van der Waals surface area contributed by atoms with E-state index < -0.39 is 0 Å². The van der Waals surface area contributed by atoms with Gasteiger partial charge in [-0.2, -0.15) is 0 Å². The number of rotatable bonds is 3. The predicted molar refractivity (Wildman–Crippen MR) is 50.8 cm³/mol. The minimum atomic E-state index is -0.302. The molecule has 3 aliphatic rings. The van der Waals surface area contributed by atoms with Crippen molar-refractivity contribution in [2.24, 2.45) is 5.41 Å². The molecule has 3 nitrogen and oxygen atoms in total. The number of carbonyl (C=O) groups excluding carboxylic acids is 1. The average Bonchev–Trinajstić information content (AvgIpc) is 2.59. The summed E-state index contributed by atoms with van der Waals surface area (Å²) in [6.07, 6.45) is 1.65. The Morgan fingerprint density at radius 2 is 2.31 bits per heavy atom. The van der Waals surface area contributed by atoms with E-state index in [2.05, 4.69) is 15.9 Å². The maximum atomic E-state index is 11.5. The highest BCUT2D eigenvalue weighted by Crippen LogP contribution is 2.58. The van der Waals surface area contributed by atoms with Crippen molar-refractivity contribution in [2.75, 3.05) is 18.5 Å². The van der Waals surface area contributed by atoms with Gasteiger partial charge in [0.1, 0.15) is 0 Å². The maximum absolute atomic E-state index is 11.5. The summed E-state index contributed by atoms with van der Waals surface area (Å²) in [7, 11) is 0. The highest BCUT2D eigenvalue weighted by Gasteiger charge is 2.66. The van der Waals surface area contributed by atoms with Crippen LogP contribution in [-0.2, 0) is 14.3 Å². The molecule has 0 N–H and O–H groups in total. The first kappa shape index (κ1) is 9.46. The molecule has 4 heteroatoms. The second-order valence-electron chi connectivity index (χ2n) is 3.96. The number of esters is 1. The minimum Gasteiger partial charge on any atom is -0.465 e. The molecule has 0 radical (unpaired) electrons. The van der Waals surface area contributed by atoms with Crippen molar-refractivity contribution in [2.45, 2.75) is 25.4 Å². The van der Waals surface area contributed by atoms with E-state index in [4.69, 9.17) is 9.47 Å². The van der Waals surface area contributed by atoms with Crippen molar-refractivity contribution in [1.29, 1.82) is 0 Å². The van der Waals surface area contributed by atoms with E-state index in [1.54, 1.807) is 0 Å². The zero-order valence-electron chi connectivity index (χ0n) is 7.64. The molecule has 2 heterocycles. The molecule has 2 saturated heterocycles. The number of hydrogen-bond acceptors (Lipinski definition) is 3. The molecule has 74 valence electrons. The van der Waals surface area contributed by atoms with Crippen molar-refractivity contribution < 1.29 is 14.3 Å². The Morgan fingerprint density at radius 3 is 2.77 bits per heavy atom. The molecule has 1 saturated carbocycles. The number of halogens is 1. The summed E-state index contributed by atoms with van der Waals surface area (Å²) in [6.45, 7) is 2.83. The molecule has 13 heavy (non-hydrogen) atoms. The fourth-order valence-electron chi connectivity index (χ4n) is 2.30. The Morgan fingerprint density at radius 1 is 1.62 bits per heavy atom. The van der Waals surface area contributed by atoms with Crippen LogP contribution in [0.3, 0.4) is 0 Å². The second kappa shape index (κ2) is 2.95. The minimum absolute atomic E-state index is 0.0627. The van der Waals surface area contributed by atoms with Gasteiger partial charge in [-0.1, -0.05) is 15.9 Å². The molecule has 0 unspecified atom stereocenters. The summed E-state index contributed by atoms with van der Waals surface area (Å²) in [5.41, 5.74) is -0.365. The molecule has 1 aliphatic carbocycles. The van der Waals surface area contributed by atoms with Crippen LogP contribution in [0, 0.1) is 5.41 Å². The van der Waals surface area contributed by atoms with Crippen LogP contribution >= 0.6 is 15.9 Å². The fourth-order valence-corrected chi connectivity index (χ4v) is 2.86.